The average molecular weight is 460 g/mol. The number of thiophene rings is 1. The molecule has 0 aromatic carbocycles. The molecule has 0 spiro atoms. The molecule has 2 heterocycles. The van der Waals surface area contributed by atoms with Crippen LogP contribution in [-0.2, 0) is 6.54 Å². The third kappa shape index (κ3) is 5.41. The van der Waals surface area contributed by atoms with Gasteiger partial charge >= 0.3 is 6.09 Å². The minimum Gasteiger partial charge on any atom is -0.465 e. The molecule has 0 bridgehead atoms. The maximum atomic E-state index is 12.9. The molecule has 4 N–H and O–H groups in total. The van der Waals surface area contributed by atoms with Gasteiger partial charge in [-0.3, -0.25) is 9.59 Å². The van der Waals surface area contributed by atoms with Crippen LogP contribution in [0.4, 0.5) is 4.79 Å². The molecule has 0 aliphatic heterocycles. The zero-order valence-electron chi connectivity index (χ0n) is 19.2. The van der Waals surface area contributed by atoms with Crippen LogP contribution in [-0.4, -0.2) is 28.1 Å². The lowest BCUT2D eigenvalue weighted by atomic mass is 9.76. The Morgan fingerprint density at radius 2 is 1.91 bits per heavy atom. The first-order valence-corrected chi connectivity index (χ1v) is 12.1. The summed E-state index contributed by atoms with van der Waals surface area (Å²) in [5.41, 5.74) is 3.78. The third-order valence-corrected chi connectivity index (χ3v) is 7.90. The molecule has 0 radical (unpaired) electrons. The summed E-state index contributed by atoms with van der Waals surface area (Å²) in [6.45, 7) is 8.10. The molecule has 2 aromatic heterocycles. The standard InChI is InChI=1S/C24H33N3O4S/c1-5-18(16-6-8-17(9-7-16)27-24(30)31)21-15(4)20(12-32-21)22(28)25-11-19-13(2)10-14(3)26-23(19)29/h10,12,16-18,27H,5-9,11H2,1-4H3,(H,25,28)(H,26,29)(H,30,31). The van der Waals surface area contributed by atoms with Crippen LogP contribution in [0.25, 0.3) is 0 Å². The van der Waals surface area contributed by atoms with Crippen molar-refractivity contribution < 1.29 is 14.7 Å². The van der Waals surface area contributed by atoms with E-state index in [0.29, 0.717) is 23.0 Å². The van der Waals surface area contributed by atoms with Gasteiger partial charge in [-0.15, -0.1) is 11.3 Å². The van der Waals surface area contributed by atoms with E-state index in [1.165, 1.54) is 4.88 Å². The number of aromatic nitrogens is 1. The van der Waals surface area contributed by atoms with Crippen molar-refractivity contribution in [2.75, 3.05) is 0 Å². The van der Waals surface area contributed by atoms with Crippen LogP contribution in [0.15, 0.2) is 16.2 Å². The van der Waals surface area contributed by atoms with Gasteiger partial charge in [-0.25, -0.2) is 4.79 Å². The summed E-state index contributed by atoms with van der Waals surface area (Å²) < 4.78 is 0. The molecule has 1 atom stereocenters. The summed E-state index contributed by atoms with van der Waals surface area (Å²) in [6.07, 6.45) is 3.72. The van der Waals surface area contributed by atoms with Crippen molar-refractivity contribution in [1.29, 1.82) is 0 Å². The Labute approximate surface area is 192 Å². The number of aromatic amines is 1. The quantitative estimate of drug-likeness (QED) is 0.484. The van der Waals surface area contributed by atoms with Crippen LogP contribution >= 0.6 is 11.3 Å². The number of hydrogen-bond donors (Lipinski definition) is 4. The molecule has 3 rings (SSSR count). The fourth-order valence-electron chi connectivity index (χ4n) is 4.96. The van der Waals surface area contributed by atoms with Crippen molar-refractivity contribution in [2.45, 2.75) is 78.3 Å². The van der Waals surface area contributed by atoms with Crippen LogP contribution in [0.1, 0.15) is 82.6 Å². The molecule has 1 aliphatic rings. The number of pyridine rings is 1. The lowest BCUT2D eigenvalue weighted by molar-refractivity contribution is 0.0950. The number of H-pyrrole nitrogens is 1. The summed E-state index contributed by atoms with van der Waals surface area (Å²) in [5, 5.41) is 16.4. The second-order valence-corrected chi connectivity index (χ2v) is 9.75. The minimum absolute atomic E-state index is 0.0420. The Morgan fingerprint density at radius 3 is 2.50 bits per heavy atom. The molecule has 1 aliphatic carbocycles. The average Bonchev–Trinajstić information content (AvgIpc) is 3.10. The van der Waals surface area contributed by atoms with E-state index >= 15 is 0 Å². The van der Waals surface area contributed by atoms with E-state index in [0.717, 1.165) is 48.9 Å². The largest absolute Gasteiger partial charge is 0.465 e. The van der Waals surface area contributed by atoms with Gasteiger partial charge in [0.05, 0.1) is 5.56 Å². The first-order chi connectivity index (χ1) is 15.2. The molecule has 7 nitrogen and oxygen atoms in total. The van der Waals surface area contributed by atoms with Crippen molar-refractivity contribution in [3.63, 3.8) is 0 Å². The predicted octanol–water partition coefficient (Wildman–Crippen LogP) is 4.61. The van der Waals surface area contributed by atoms with Crippen LogP contribution in [0.3, 0.4) is 0 Å². The first kappa shape index (κ1) is 24.0. The summed E-state index contributed by atoms with van der Waals surface area (Å²) in [4.78, 5) is 40.1. The second-order valence-electron chi connectivity index (χ2n) is 8.84. The van der Waals surface area contributed by atoms with E-state index in [-0.39, 0.29) is 24.1 Å². The molecule has 174 valence electrons. The normalized spacial score (nSPS) is 19.4. The van der Waals surface area contributed by atoms with Gasteiger partial charge < -0.3 is 20.7 Å². The molecule has 2 amide bonds. The molecule has 1 fully saturated rings. The van der Waals surface area contributed by atoms with Gasteiger partial charge in [0, 0.05) is 34.1 Å². The summed E-state index contributed by atoms with van der Waals surface area (Å²) >= 11 is 1.63. The van der Waals surface area contributed by atoms with Crippen LogP contribution < -0.4 is 16.2 Å². The predicted molar refractivity (Wildman–Crippen MR) is 127 cm³/mol. The van der Waals surface area contributed by atoms with Crippen molar-refractivity contribution in [2.24, 2.45) is 5.92 Å². The first-order valence-electron chi connectivity index (χ1n) is 11.3. The van der Waals surface area contributed by atoms with Gasteiger partial charge in [-0.2, -0.15) is 0 Å². The van der Waals surface area contributed by atoms with Gasteiger partial charge in [0.1, 0.15) is 0 Å². The number of carboxylic acid groups (broad SMARTS) is 1. The Morgan fingerprint density at radius 1 is 1.22 bits per heavy atom. The van der Waals surface area contributed by atoms with Gasteiger partial charge in [-0.05, 0) is 81.9 Å². The maximum Gasteiger partial charge on any atom is 0.404 e. The van der Waals surface area contributed by atoms with Crippen molar-refractivity contribution in [3.8, 4) is 0 Å². The van der Waals surface area contributed by atoms with Gasteiger partial charge in [0.15, 0.2) is 0 Å². The van der Waals surface area contributed by atoms with E-state index < -0.39 is 6.09 Å². The Bertz CT molecular complexity index is 1030. The van der Waals surface area contributed by atoms with Crippen molar-refractivity contribution in [1.82, 2.24) is 15.6 Å². The lowest BCUT2D eigenvalue weighted by Crippen LogP contribution is -2.37. The maximum absolute atomic E-state index is 12.9. The highest BCUT2D eigenvalue weighted by molar-refractivity contribution is 7.10. The van der Waals surface area contributed by atoms with E-state index in [1.807, 2.05) is 32.2 Å². The topological polar surface area (TPSA) is 111 Å². The summed E-state index contributed by atoms with van der Waals surface area (Å²) in [5.74, 6) is 0.706. The van der Waals surface area contributed by atoms with Crippen LogP contribution in [0.5, 0.6) is 0 Å². The van der Waals surface area contributed by atoms with E-state index in [1.54, 1.807) is 11.3 Å². The Kier molecular flexibility index (Phi) is 7.77. The molecule has 1 unspecified atom stereocenters. The summed E-state index contributed by atoms with van der Waals surface area (Å²) in [7, 11) is 0. The number of carbonyl (C=O) groups excluding carboxylic acids is 1. The van der Waals surface area contributed by atoms with E-state index in [2.05, 4.69) is 22.5 Å². The zero-order valence-corrected chi connectivity index (χ0v) is 20.0. The number of amides is 2. The molecule has 32 heavy (non-hydrogen) atoms. The van der Waals surface area contributed by atoms with E-state index in [9.17, 15) is 14.4 Å². The number of aryl methyl sites for hydroxylation is 2. The number of carbonyl (C=O) groups is 2. The van der Waals surface area contributed by atoms with Gasteiger partial charge in [0.2, 0.25) is 0 Å². The SMILES string of the molecule is CCC(c1scc(C(=O)NCc2c(C)cc(C)[nH]c2=O)c1C)C1CCC(NC(=O)O)CC1. The second kappa shape index (κ2) is 10.3. The van der Waals surface area contributed by atoms with E-state index in [4.69, 9.17) is 5.11 Å². The number of nitrogens with one attached hydrogen (secondary N) is 3. The summed E-state index contributed by atoms with van der Waals surface area (Å²) in [6, 6.07) is 1.95. The molecule has 1 saturated carbocycles. The highest BCUT2D eigenvalue weighted by Crippen LogP contribution is 2.42. The monoisotopic (exact) mass is 459 g/mol. The molecular weight excluding hydrogens is 426 g/mol. The Hall–Kier alpha value is -2.61. The highest BCUT2D eigenvalue weighted by atomic mass is 32.1. The van der Waals surface area contributed by atoms with Gasteiger partial charge in [-0.1, -0.05) is 6.92 Å². The third-order valence-electron chi connectivity index (χ3n) is 6.69. The van der Waals surface area contributed by atoms with Crippen LogP contribution in [0.2, 0.25) is 0 Å². The van der Waals surface area contributed by atoms with Crippen molar-refractivity contribution in [3.05, 3.63) is 54.6 Å². The molecular formula is C24H33N3O4S. The fraction of sp³-hybridized carbons (Fsp3) is 0.542. The smallest absolute Gasteiger partial charge is 0.404 e. The van der Waals surface area contributed by atoms with Gasteiger partial charge in [0.25, 0.3) is 11.5 Å². The minimum atomic E-state index is -0.951. The lowest BCUT2D eigenvalue weighted by Gasteiger charge is -2.33. The molecule has 8 heteroatoms. The number of rotatable bonds is 7. The zero-order chi connectivity index (χ0) is 23.4. The highest BCUT2D eigenvalue weighted by Gasteiger charge is 2.31. The van der Waals surface area contributed by atoms with Crippen molar-refractivity contribution >= 4 is 23.3 Å². The number of hydrogen-bond acceptors (Lipinski definition) is 4. The molecule has 2 aromatic rings. The Balaban J connectivity index is 1.68. The fourth-order valence-corrected chi connectivity index (χ4v) is 6.31. The van der Waals surface area contributed by atoms with Crippen LogP contribution in [0, 0.1) is 26.7 Å². The molecule has 0 saturated heterocycles.